The monoisotopic (exact) mass is 367 g/mol. The van der Waals surface area contributed by atoms with Crippen molar-refractivity contribution in [2.75, 3.05) is 20.8 Å². The molecule has 0 radical (unpaired) electrons. The predicted octanol–water partition coefficient (Wildman–Crippen LogP) is 2.37. The van der Waals surface area contributed by atoms with Crippen LogP contribution in [0.5, 0.6) is 11.5 Å². The largest absolute Gasteiger partial charge is 0.493 e. The van der Waals surface area contributed by atoms with Crippen LogP contribution in [0.3, 0.4) is 0 Å². The quantitative estimate of drug-likeness (QED) is 0.780. The molecule has 140 valence electrons. The lowest BCUT2D eigenvalue weighted by Gasteiger charge is -2.33. The van der Waals surface area contributed by atoms with E-state index < -0.39 is 12.1 Å². The fourth-order valence-electron chi connectivity index (χ4n) is 3.74. The number of cyclic esters (lactones) is 1. The number of amides is 1. The number of benzene rings is 2. The Kier molecular flexibility index (Phi) is 4.48. The van der Waals surface area contributed by atoms with Gasteiger partial charge in [-0.2, -0.15) is 0 Å². The molecule has 0 saturated heterocycles. The van der Waals surface area contributed by atoms with Gasteiger partial charge in [0.05, 0.1) is 19.8 Å². The molecular formula is C21H21NO5. The molecule has 0 aromatic heterocycles. The normalized spacial score (nSPS) is 18.2. The summed E-state index contributed by atoms with van der Waals surface area (Å²) in [6.07, 6.45) is 0.364. The van der Waals surface area contributed by atoms with Crippen LogP contribution in [0.4, 0.5) is 0 Å². The number of nitrogens with zero attached hydrogens (tertiary/aromatic N) is 1. The second-order valence-corrected chi connectivity index (χ2v) is 6.74. The summed E-state index contributed by atoms with van der Waals surface area (Å²) >= 11 is 0. The first-order valence-corrected chi connectivity index (χ1v) is 8.92. The van der Waals surface area contributed by atoms with Crippen molar-refractivity contribution in [2.45, 2.75) is 25.5 Å². The number of methoxy groups -OCH3 is 2. The minimum Gasteiger partial charge on any atom is -0.493 e. The van der Waals surface area contributed by atoms with Crippen LogP contribution in [0.15, 0.2) is 36.4 Å². The second kappa shape index (κ2) is 6.95. The van der Waals surface area contributed by atoms with Gasteiger partial charge in [0, 0.05) is 19.5 Å². The Bertz CT molecular complexity index is 907. The first kappa shape index (κ1) is 17.4. The topological polar surface area (TPSA) is 65.1 Å². The molecule has 0 saturated carbocycles. The third-order valence-electron chi connectivity index (χ3n) is 5.20. The van der Waals surface area contributed by atoms with Gasteiger partial charge in [-0.1, -0.05) is 18.2 Å². The average molecular weight is 367 g/mol. The third kappa shape index (κ3) is 3.12. The molecule has 2 heterocycles. The van der Waals surface area contributed by atoms with E-state index in [0.717, 1.165) is 23.1 Å². The molecule has 0 N–H and O–H groups in total. The Hall–Kier alpha value is -3.02. The fourth-order valence-corrected chi connectivity index (χ4v) is 3.74. The van der Waals surface area contributed by atoms with Crippen LogP contribution >= 0.6 is 0 Å². The maximum atomic E-state index is 13.0. The van der Waals surface area contributed by atoms with E-state index in [1.54, 1.807) is 31.3 Å². The maximum absolute atomic E-state index is 13.0. The number of rotatable bonds is 3. The Balaban J connectivity index is 1.54. The predicted molar refractivity (Wildman–Crippen MR) is 98.0 cm³/mol. The van der Waals surface area contributed by atoms with Gasteiger partial charge in [0.2, 0.25) is 0 Å². The third-order valence-corrected chi connectivity index (χ3v) is 5.20. The summed E-state index contributed by atoms with van der Waals surface area (Å²) in [6, 6.07) is 11.2. The fraction of sp³-hybridized carbons (Fsp3) is 0.333. The number of carbonyl (C=O) groups excluding carboxylic acids is 2. The lowest BCUT2D eigenvalue weighted by Crippen LogP contribution is -2.46. The maximum Gasteiger partial charge on any atom is 0.339 e. The zero-order chi connectivity index (χ0) is 19.0. The molecule has 0 fully saturated rings. The summed E-state index contributed by atoms with van der Waals surface area (Å²) in [5.74, 6) is 0.745. The van der Waals surface area contributed by atoms with E-state index in [2.05, 4.69) is 0 Å². The van der Waals surface area contributed by atoms with Gasteiger partial charge in [-0.3, -0.25) is 4.79 Å². The number of carbonyl (C=O) groups is 2. The van der Waals surface area contributed by atoms with Gasteiger partial charge in [-0.25, -0.2) is 4.79 Å². The highest BCUT2D eigenvalue weighted by molar-refractivity contribution is 5.95. The highest BCUT2D eigenvalue weighted by Gasteiger charge is 2.35. The number of fused-ring (bicyclic) bond motifs is 2. The van der Waals surface area contributed by atoms with Gasteiger partial charge in [0.15, 0.2) is 17.6 Å². The van der Waals surface area contributed by atoms with Gasteiger partial charge in [0.1, 0.15) is 0 Å². The molecule has 0 aliphatic carbocycles. The van der Waals surface area contributed by atoms with E-state index in [0.29, 0.717) is 36.6 Å². The van der Waals surface area contributed by atoms with Crippen molar-refractivity contribution in [3.8, 4) is 11.5 Å². The van der Waals surface area contributed by atoms with Crippen LogP contribution in [-0.2, 0) is 28.9 Å². The molecule has 2 aliphatic heterocycles. The average Bonchev–Trinajstić information content (AvgIpc) is 2.71. The number of esters is 1. The molecule has 0 spiro atoms. The smallest absolute Gasteiger partial charge is 0.339 e. The van der Waals surface area contributed by atoms with Crippen molar-refractivity contribution >= 4 is 11.9 Å². The Morgan fingerprint density at radius 1 is 1.07 bits per heavy atom. The molecule has 4 rings (SSSR count). The Morgan fingerprint density at radius 3 is 2.52 bits per heavy atom. The summed E-state index contributed by atoms with van der Waals surface area (Å²) < 4.78 is 16.1. The van der Waals surface area contributed by atoms with E-state index in [9.17, 15) is 9.59 Å². The first-order chi connectivity index (χ1) is 13.1. The van der Waals surface area contributed by atoms with Crippen molar-refractivity contribution in [3.05, 3.63) is 58.7 Å². The number of hydrogen-bond acceptors (Lipinski definition) is 5. The summed E-state index contributed by atoms with van der Waals surface area (Å²) in [4.78, 5) is 27.0. The number of hydrogen-bond donors (Lipinski definition) is 0. The molecule has 1 amide bonds. The van der Waals surface area contributed by atoms with Gasteiger partial charge in [-0.05, 0) is 41.3 Å². The highest BCUT2D eigenvalue weighted by atomic mass is 16.5. The number of ether oxygens (including phenoxy) is 3. The molecule has 6 heteroatoms. The van der Waals surface area contributed by atoms with Crippen LogP contribution in [0, 0.1) is 0 Å². The molecule has 2 aromatic rings. The summed E-state index contributed by atoms with van der Waals surface area (Å²) in [5.41, 5.74) is 3.57. The molecule has 2 aliphatic rings. The van der Waals surface area contributed by atoms with E-state index in [1.165, 1.54) is 0 Å². The Labute approximate surface area is 157 Å². The van der Waals surface area contributed by atoms with Gasteiger partial charge in [0.25, 0.3) is 5.91 Å². The molecular weight excluding hydrogens is 346 g/mol. The van der Waals surface area contributed by atoms with Crippen molar-refractivity contribution in [1.82, 2.24) is 4.90 Å². The first-order valence-electron chi connectivity index (χ1n) is 8.92. The van der Waals surface area contributed by atoms with Crippen LogP contribution in [0.2, 0.25) is 0 Å². The lowest BCUT2D eigenvalue weighted by molar-refractivity contribution is -0.142. The molecule has 0 unspecified atom stereocenters. The van der Waals surface area contributed by atoms with E-state index in [1.807, 2.05) is 24.3 Å². The van der Waals surface area contributed by atoms with Crippen LogP contribution in [-0.4, -0.2) is 43.6 Å². The van der Waals surface area contributed by atoms with Gasteiger partial charge < -0.3 is 19.1 Å². The minimum absolute atomic E-state index is 0.154. The summed E-state index contributed by atoms with van der Waals surface area (Å²) in [7, 11) is 3.20. The summed E-state index contributed by atoms with van der Waals surface area (Å²) in [5, 5.41) is 0. The molecule has 6 nitrogen and oxygen atoms in total. The van der Waals surface area contributed by atoms with Crippen molar-refractivity contribution < 1.29 is 23.8 Å². The van der Waals surface area contributed by atoms with Gasteiger partial charge >= 0.3 is 5.97 Å². The van der Waals surface area contributed by atoms with E-state index in [-0.39, 0.29) is 5.91 Å². The standard InChI is InChI=1S/C21H21NO5/c1-25-17-9-13-7-8-22(12-15(13)11-18(17)26-2)20(23)19-10-14-5-3-4-6-16(14)21(24)27-19/h3-6,9,11,19H,7-8,10,12H2,1-2H3/t19-/m0/s1. The second-order valence-electron chi connectivity index (χ2n) is 6.74. The van der Waals surface area contributed by atoms with E-state index >= 15 is 0 Å². The molecule has 27 heavy (non-hydrogen) atoms. The molecule has 0 bridgehead atoms. The lowest BCUT2D eigenvalue weighted by atomic mass is 9.95. The molecule has 1 atom stereocenters. The van der Waals surface area contributed by atoms with Crippen LogP contribution in [0.1, 0.15) is 27.0 Å². The Morgan fingerprint density at radius 2 is 1.78 bits per heavy atom. The summed E-state index contributed by atoms with van der Waals surface area (Å²) in [6.45, 7) is 1.04. The van der Waals surface area contributed by atoms with Crippen molar-refractivity contribution in [3.63, 3.8) is 0 Å². The van der Waals surface area contributed by atoms with Crippen LogP contribution in [0.25, 0.3) is 0 Å². The van der Waals surface area contributed by atoms with E-state index in [4.69, 9.17) is 14.2 Å². The van der Waals surface area contributed by atoms with Crippen molar-refractivity contribution in [2.24, 2.45) is 0 Å². The SMILES string of the molecule is COc1cc2c(cc1OC)CN(C(=O)[C@@H]1Cc3ccccc3C(=O)O1)CC2. The zero-order valence-electron chi connectivity index (χ0n) is 15.4. The minimum atomic E-state index is -0.769. The van der Waals surface area contributed by atoms with Crippen molar-refractivity contribution in [1.29, 1.82) is 0 Å². The highest BCUT2D eigenvalue weighted by Crippen LogP contribution is 2.33. The van der Waals surface area contributed by atoms with Crippen LogP contribution < -0.4 is 9.47 Å². The van der Waals surface area contributed by atoms with Gasteiger partial charge in [-0.15, -0.1) is 0 Å². The zero-order valence-corrected chi connectivity index (χ0v) is 15.4. The molecule has 2 aromatic carbocycles.